The Labute approximate surface area is 164 Å². The molecule has 1 unspecified atom stereocenters. The van der Waals surface area contributed by atoms with Crippen molar-refractivity contribution in [2.45, 2.75) is 69.5 Å². The summed E-state index contributed by atoms with van der Waals surface area (Å²) in [4.78, 5) is 23.3. The summed E-state index contributed by atoms with van der Waals surface area (Å²) in [7, 11) is 1.61. The summed E-state index contributed by atoms with van der Waals surface area (Å²) < 4.78 is 23.2. The number of ether oxygens (including phenoxy) is 4. The lowest BCUT2D eigenvalue weighted by molar-refractivity contribution is -0.124. The van der Waals surface area contributed by atoms with E-state index in [4.69, 9.17) is 30.5 Å². The predicted molar refractivity (Wildman–Crippen MR) is 98.7 cm³/mol. The van der Waals surface area contributed by atoms with E-state index in [0.717, 1.165) is 12.8 Å². The average Bonchev–Trinajstić information content (AvgIpc) is 3.52. The van der Waals surface area contributed by atoms with Crippen molar-refractivity contribution in [1.29, 1.82) is 0 Å². The molecule has 7 nitrogen and oxygen atoms in total. The van der Waals surface area contributed by atoms with E-state index in [2.05, 4.69) is 32.2 Å². The molecule has 8 heteroatoms. The fourth-order valence-corrected chi connectivity index (χ4v) is 4.45. The number of hydrogen-bond donors (Lipinski definition) is 1. The number of hydrogen-bond acceptors (Lipinski definition) is 6. The summed E-state index contributed by atoms with van der Waals surface area (Å²) in [5.74, 6) is -0.949. The van der Waals surface area contributed by atoms with Gasteiger partial charge in [-0.3, -0.25) is 10.1 Å². The number of imide groups is 1. The molecule has 0 radical (unpaired) electrons. The number of amides is 2. The minimum absolute atomic E-state index is 0.0548. The largest absolute Gasteiger partial charge is 0.443 e. The van der Waals surface area contributed by atoms with Crippen molar-refractivity contribution < 1.29 is 28.5 Å². The van der Waals surface area contributed by atoms with Gasteiger partial charge in [-0.2, -0.15) is 0 Å². The summed E-state index contributed by atoms with van der Waals surface area (Å²) in [6.45, 7) is 6.87. The number of methoxy groups -OCH3 is 1. The maximum atomic E-state index is 12.0. The van der Waals surface area contributed by atoms with E-state index in [0.29, 0.717) is 13.0 Å². The minimum atomic E-state index is -0.804. The third kappa shape index (κ3) is 4.16. The van der Waals surface area contributed by atoms with E-state index in [-0.39, 0.29) is 29.6 Å². The van der Waals surface area contributed by atoms with Crippen LogP contribution < -0.4 is 5.32 Å². The van der Waals surface area contributed by atoms with Crippen LogP contribution in [0.5, 0.6) is 0 Å². The van der Waals surface area contributed by atoms with Crippen molar-refractivity contribution >= 4 is 23.6 Å². The molecule has 2 amide bonds. The molecule has 3 aliphatic rings. The van der Waals surface area contributed by atoms with E-state index < -0.39 is 23.7 Å². The highest BCUT2D eigenvalue weighted by atomic mass is 35.5. The zero-order valence-electron chi connectivity index (χ0n) is 16.2. The van der Waals surface area contributed by atoms with Gasteiger partial charge in [0.15, 0.2) is 0 Å². The zero-order valence-corrected chi connectivity index (χ0v) is 17.0. The highest BCUT2D eigenvalue weighted by molar-refractivity contribution is 6.28. The highest BCUT2D eigenvalue weighted by Crippen LogP contribution is 2.59. The van der Waals surface area contributed by atoms with E-state index in [1.165, 1.54) is 5.57 Å². The maximum absolute atomic E-state index is 12.0. The van der Waals surface area contributed by atoms with Crippen LogP contribution in [0.3, 0.4) is 0 Å². The van der Waals surface area contributed by atoms with E-state index in [1.807, 2.05) is 0 Å². The first kappa shape index (κ1) is 20.6. The van der Waals surface area contributed by atoms with Crippen LogP contribution in [0, 0.1) is 5.92 Å². The number of rotatable bonds is 6. The average molecular weight is 402 g/mol. The molecule has 1 aliphatic carbocycles. The Morgan fingerprint density at radius 2 is 2.07 bits per heavy atom. The molecule has 1 N–H and O–H groups in total. The van der Waals surface area contributed by atoms with Crippen LogP contribution in [-0.2, 0) is 23.7 Å². The van der Waals surface area contributed by atoms with E-state index in [9.17, 15) is 9.59 Å². The van der Waals surface area contributed by atoms with Gasteiger partial charge in [0.05, 0.1) is 18.6 Å². The minimum Gasteiger partial charge on any atom is -0.443 e. The molecular weight excluding hydrogens is 374 g/mol. The van der Waals surface area contributed by atoms with Gasteiger partial charge < -0.3 is 18.9 Å². The molecule has 0 aromatic rings. The molecule has 6 atom stereocenters. The fourth-order valence-electron chi connectivity index (χ4n) is 4.38. The van der Waals surface area contributed by atoms with E-state index in [1.54, 1.807) is 7.11 Å². The predicted octanol–water partition coefficient (Wildman–Crippen LogP) is 2.55. The van der Waals surface area contributed by atoms with Gasteiger partial charge in [0.2, 0.25) is 5.91 Å². The van der Waals surface area contributed by atoms with Crippen molar-refractivity contribution in [2.75, 3.05) is 19.6 Å². The van der Waals surface area contributed by atoms with Gasteiger partial charge in [0.25, 0.3) is 0 Å². The van der Waals surface area contributed by atoms with Crippen LogP contribution in [0.15, 0.2) is 11.6 Å². The maximum Gasteiger partial charge on any atom is 0.414 e. The Morgan fingerprint density at radius 1 is 1.37 bits per heavy atom. The van der Waals surface area contributed by atoms with Crippen molar-refractivity contribution in [1.82, 2.24) is 5.32 Å². The lowest BCUT2D eigenvalue weighted by Crippen LogP contribution is -2.56. The van der Waals surface area contributed by atoms with Gasteiger partial charge in [-0.25, -0.2) is 4.79 Å². The van der Waals surface area contributed by atoms with Gasteiger partial charge in [0.1, 0.15) is 29.3 Å². The number of alkyl carbamates (subject to hydrolysis) is 1. The molecule has 0 aromatic carbocycles. The number of carbonyl (C=O) groups is 2. The second-order valence-electron chi connectivity index (χ2n) is 8.00. The Morgan fingerprint density at radius 3 is 2.63 bits per heavy atom. The first-order valence-corrected chi connectivity index (χ1v) is 9.83. The number of allylic oxidation sites excluding steroid dienone is 1. The summed E-state index contributed by atoms with van der Waals surface area (Å²) in [5.41, 5.74) is 0.574. The summed E-state index contributed by atoms with van der Waals surface area (Å²) in [5, 5.41) is 2.11. The van der Waals surface area contributed by atoms with Crippen LogP contribution in [0.1, 0.15) is 40.0 Å². The van der Waals surface area contributed by atoms with Gasteiger partial charge in [-0.15, -0.1) is 11.6 Å². The first-order valence-electron chi connectivity index (χ1n) is 9.30. The molecular formula is C19H28ClNO6. The molecule has 1 spiro atoms. The summed E-state index contributed by atoms with van der Waals surface area (Å²) in [6, 6.07) is 0. The second kappa shape index (κ2) is 7.70. The Balaban J connectivity index is 1.73. The van der Waals surface area contributed by atoms with Crippen molar-refractivity contribution in [3.05, 3.63) is 11.6 Å². The van der Waals surface area contributed by atoms with Crippen LogP contribution in [0.2, 0.25) is 0 Å². The van der Waals surface area contributed by atoms with Crippen LogP contribution in [-0.4, -0.2) is 61.1 Å². The van der Waals surface area contributed by atoms with Crippen molar-refractivity contribution in [2.24, 2.45) is 5.92 Å². The highest BCUT2D eigenvalue weighted by Gasteiger charge is 2.72. The first-order chi connectivity index (χ1) is 12.8. The molecule has 2 heterocycles. The third-order valence-corrected chi connectivity index (χ3v) is 6.10. The molecule has 27 heavy (non-hydrogen) atoms. The number of epoxide rings is 2. The van der Waals surface area contributed by atoms with Gasteiger partial charge in [-0.05, 0) is 40.0 Å². The smallest absolute Gasteiger partial charge is 0.414 e. The normalized spacial score (nSPS) is 39.6. The van der Waals surface area contributed by atoms with Crippen molar-refractivity contribution in [3.8, 4) is 0 Å². The molecule has 0 aromatic heterocycles. The molecule has 2 aliphatic heterocycles. The lowest BCUT2D eigenvalue weighted by atomic mass is 9.68. The zero-order chi connectivity index (χ0) is 19.8. The van der Waals surface area contributed by atoms with Crippen LogP contribution in [0.4, 0.5) is 4.79 Å². The standard InChI is InChI=1S/C19H28ClNO6/c1-11(2)5-6-13-18(3,27-13)16-15(24-4)12(7-8-19(16)10-25-19)26-17(23)21-14(22)9-20/h5,12-13,15-16H,6-10H2,1-4H3,(H,21,22,23)/t12-,13-,15-,16-,18?,19+/m1/s1. The molecule has 1 saturated carbocycles. The topological polar surface area (TPSA) is 89.7 Å². The number of carbonyl (C=O) groups excluding carboxylic acids is 2. The summed E-state index contributed by atoms with van der Waals surface area (Å²) in [6.07, 6.45) is 2.78. The van der Waals surface area contributed by atoms with Gasteiger partial charge in [-0.1, -0.05) is 11.6 Å². The third-order valence-electron chi connectivity index (χ3n) is 5.86. The molecule has 3 rings (SSSR count). The van der Waals surface area contributed by atoms with Crippen LogP contribution >= 0.6 is 11.6 Å². The number of nitrogens with one attached hydrogen (secondary N) is 1. The van der Waals surface area contributed by atoms with E-state index >= 15 is 0 Å². The SMILES string of the molecule is CO[C@H]1[C@H](C2(C)O[C@@H]2CC=C(C)C)[C@]2(CC[C@H]1OC(=O)NC(=O)CCl)CO2. The monoisotopic (exact) mass is 401 g/mol. The molecule has 0 bridgehead atoms. The molecule has 152 valence electrons. The second-order valence-corrected chi connectivity index (χ2v) is 8.27. The van der Waals surface area contributed by atoms with Gasteiger partial charge >= 0.3 is 6.09 Å². The Hall–Kier alpha value is -1.15. The Bertz CT molecular complexity index is 630. The quantitative estimate of drug-likeness (QED) is 0.418. The van der Waals surface area contributed by atoms with Gasteiger partial charge in [0, 0.05) is 7.11 Å². The van der Waals surface area contributed by atoms with Crippen molar-refractivity contribution in [3.63, 3.8) is 0 Å². The Kier molecular flexibility index (Phi) is 5.87. The number of halogens is 1. The molecule has 3 fully saturated rings. The molecule has 2 saturated heterocycles. The fraction of sp³-hybridized carbons (Fsp3) is 0.789. The number of alkyl halides is 1. The lowest BCUT2D eigenvalue weighted by Gasteiger charge is -2.42. The summed E-state index contributed by atoms with van der Waals surface area (Å²) >= 11 is 5.42. The van der Waals surface area contributed by atoms with Crippen LogP contribution in [0.25, 0.3) is 0 Å².